The summed E-state index contributed by atoms with van der Waals surface area (Å²) in [5, 5.41) is 17.7. The zero-order chi connectivity index (χ0) is 26.4. The highest BCUT2D eigenvalue weighted by Gasteiger charge is 2.50. The predicted molar refractivity (Wildman–Crippen MR) is 147 cm³/mol. The molecule has 1 fully saturated rings. The molecule has 7 rings (SSSR count). The van der Waals surface area contributed by atoms with Crippen LogP contribution in [0.1, 0.15) is 41.6 Å². The van der Waals surface area contributed by atoms with E-state index in [-0.39, 0.29) is 11.3 Å². The van der Waals surface area contributed by atoms with Gasteiger partial charge in [0.05, 0.1) is 17.1 Å². The van der Waals surface area contributed by atoms with Crippen molar-refractivity contribution in [3.63, 3.8) is 0 Å². The van der Waals surface area contributed by atoms with Gasteiger partial charge in [-0.25, -0.2) is 4.98 Å². The van der Waals surface area contributed by atoms with Crippen LogP contribution in [0.4, 0.5) is 0 Å². The fourth-order valence-corrected chi connectivity index (χ4v) is 5.08. The molecule has 0 saturated heterocycles. The van der Waals surface area contributed by atoms with E-state index in [2.05, 4.69) is 54.7 Å². The molecule has 9 nitrogen and oxygen atoms in total. The largest absolute Gasteiger partial charge is 0.351 e. The molecule has 1 amide bonds. The van der Waals surface area contributed by atoms with Crippen LogP contribution >= 0.6 is 0 Å². The Kier molecular flexibility index (Phi) is 5.36. The van der Waals surface area contributed by atoms with Crippen LogP contribution in [0.2, 0.25) is 0 Å². The van der Waals surface area contributed by atoms with Crippen LogP contribution < -0.4 is 5.32 Å². The van der Waals surface area contributed by atoms with Gasteiger partial charge in [0.25, 0.3) is 11.7 Å². The van der Waals surface area contributed by atoms with Gasteiger partial charge in [0.2, 0.25) is 0 Å². The second-order valence-corrected chi connectivity index (χ2v) is 9.74. The third kappa shape index (κ3) is 3.99. The number of carbonyl (C=O) groups is 1. The summed E-state index contributed by atoms with van der Waals surface area (Å²) in [7, 11) is 0. The quantitative estimate of drug-likeness (QED) is 0.346. The van der Waals surface area contributed by atoms with Gasteiger partial charge in [0.15, 0.2) is 5.82 Å². The summed E-state index contributed by atoms with van der Waals surface area (Å²) in [6, 6.07) is 22.1. The fourth-order valence-electron chi connectivity index (χ4n) is 5.08. The van der Waals surface area contributed by atoms with E-state index in [0.29, 0.717) is 18.0 Å². The number of hydrogen-bond acceptors (Lipinski definition) is 7. The zero-order valence-corrected chi connectivity index (χ0v) is 21.2. The maximum atomic E-state index is 12.1. The molecule has 190 valence electrons. The summed E-state index contributed by atoms with van der Waals surface area (Å²) in [5.41, 5.74) is 5.82. The summed E-state index contributed by atoms with van der Waals surface area (Å²) < 4.78 is 1.78. The Labute approximate surface area is 224 Å². The van der Waals surface area contributed by atoms with E-state index in [1.54, 1.807) is 23.0 Å². The molecule has 1 aliphatic rings. The second kappa shape index (κ2) is 9.05. The number of carbonyl (C=O) groups excluding carboxylic acids is 1. The van der Waals surface area contributed by atoms with Crippen LogP contribution in [0.3, 0.4) is 0 Å². The molecule has 1 N–H and O–H groups in total. The molecule has 9 heteroatoms. The monoisotopic (exact) mass is 512 g/mol. The van der Waals surface area contributed by atoms with Crippen molar-refractivity contribution in [3.8, 4) is 22.4 Å². The number of amides is 1. The minimum atomic E-state index is -0.240. The van der Waals surface area contributed by atoms with Crippen molar-refractivity contribution in [2.45, 2.75) is 25.2 Å². The first-order chi connectivity index (χ1) is 19.1. The summed E-state index contributed by atoms with van der Waals surface area (Å²) in [6.07, 6.45) is 7.20. The van der Waals surface area contributed by atoms with Gasteiger partial charge in [0.1, 0.15) is 11.4 Å². The predicted octanol–water partition coefficient (Wildman–Crippen LogP) is 4.63. The SMILES string of the molecule is CCNC(=O)c1ccc(-c2cccc(-c3cnc4nnc(C5(c6ccc7ncccc7c6)CC5)n4n3)c2)cn1. The molecule has 6 aromatic rings. The minimum absolute atomic E-state index is 0.181. The zero-order valence-electron chi connectivity index (χ0n) is 21.2. The standard InChI is InChI=1S/C30H24N8O/c1-2-31-27(39)25-10-8-22(17-33-25)19-5-3-6-20(15-19)26-18-34-29-36-35-28(38(29)37-26)30(12-13-30)23-9-11-24-21(16-23)7-4-14-32-24/h3-11,14-18H,2,12-13H2,1H3,(H,31,39). The lowest BCUT2D eigenvalue weighted by Gasteiger charge is -2.14. The van der Waals surface area contributed by atoms with E-state index in [0.717, 1.165) is 52.0 Å². The maximum Gasteiger partial charge on any atom is 0.271 e. The normalized spacial score (nSPS) is 14.0. The molecule has 0 unspecified atom stereocenters. The molecule has 0 atom stereocenters. The van der Waals surface area contributed by atoms with Crippen molar-refractivity contribution in [2.24, 2.45) is 0 Å². The highest BCUT2D eigenvalue weighted by Crippen LogP contribution is 2.53. The van der Waals surface area contributed by atoms with Crippen LogP contribution in [-0.4, -0.2) is 47.2 Å². The van der Waals surface area contributed by atoms with E-state index in [9.17, 15) is 4.79 Å². The minimum Gasteiger partial charge on any atom is -0.351 e. The number of aromatic nitrogens is 7. The molecule has 0 aliphatic heterocycles. The Morgan fingerprint density at radius 1 is 0.897 bits per heavy atom. The summed E-state index contributed by atoms with van der Waals surface area (Å²) >= 11 is 0. The number of nitrogens with zero attached hydrogens (tertiary/aromatic N) is 7. The van der Waals surface area contributed by atoms with E-state index in [1.807, 2.05) is 49.5 Å². The molecule has 0 radical (unpaired) electrons. The van der Waals surface area contributed by atoms with Crippen molar-refractivity contribution in [1.82, 2.24) is 40.1 Å². The van der Waals surface area contributed by atoms with Gasteiger partial charge in [-0.05, 0) is 61.2 Å². The van der Waals surface area contributed by atoms with E-state index in [4.69, 9.17) is 5.10 Å². The van der Waals surface area contributed by atoms with Crippen LogP contribution in [0, 0.1) is 0 Å². The average Bonchev–Trinajstić information content (AvgIpc) is 3.69. The van der Waals surface area contributed by atoms with Gasteiger partial charge in [-0.3, -0.25) is 14.8 Å². The lowest BCUT2D eigenvalue weighted by Crippen LogP contribution is -2.23. The van der Waals surface area contributed by atoms with Gasteiger partial charge in [-0.2, -0.15) is 9.61 Å². The van der Waals surface area contributed by atoms with E-state index in [1.165, 1.54) is 5.56 Å². The summed E-state index contributed by atoms with van der Waals surface area (Å²) in [5.74, 6) is 1.10. The molecule has 0 bridgehead atoms. The molecule has 1 aliphatic carbocycles. The highest BCUT2D eigenvalue weighted by molar-refractivity contribution is 5.92. The van der Waals surface area contributed by atoms with Crippen molar-refractivity contribution < 1.29 is 4.79 Å². The molecule has 0 spiro atoms. The lowest BCUT2D eigenvalue weighted by atomic mass is 9.94. The van der Waals surface area contributed by atoms with Gasteiger partial charge in [-0.1, -0.05) is 36.4 Å². The smallest absolute Gasteiger partial charge is 0.271 e. The fraction of sp³-hybridized carbons (Fsp3) is 0.167. The number of hydrogen-bond donors (Lipinski definition) is 1. The van der Waals surface area contributed by atoms with Crippen molar-refractivity contribution in [2.75, 3.05) is 6.54 Å². The molecule has 1 saturated carbocycles. The van der Waals surface area contributed by atoms with Gasteiger partial charge in [0, 0.05) is 35.5 Å². The summed E-state index contributed by atoms with van der Waals surface area (Å²) in [4.78, 5) is 25.4. The first-order valence-electron chi connectivity index (χ1n) is 12.9. The van der Waals surface area contributed by atoms with Crippen LogP contribution in [0.5, 0.6) is 0 Å². The maximum absolute atomic E-state index is 12.1. The summed E-state index contributed by atoms with van der Waals surface area (Å²) in [6.45, 7) is 2.44. The molecule has 4 heterocycles. The topological polar surface area (TPSA) is 111 Å². The first kappa shape index (κ1) is 23.1. The third-order valence-electron chi connectivity index (χ3n) is 7.29. The Morgan fingerprint density at radius 2 is 1.79 bits per heavy atom. The lowest BCUT2D eigenvalue weighted by molar-refractivity contribution is 0.0951. The third-order valence-corrected chi connectivity index (χ3v) is 7.29. The Bertz CT molecular complexity index is 1860. The number of pyridine rings is 2. The van der Waals surface area contributed by atoms with Crippen molar-refractivity contribution in [1.29, 1.82) is 0 Å². The first-order valence-corrected chi connectivity index (χ1v) is 12.9. The van der Waals surface area contributed by atoms with Crippen LogP contribution in [0.25, 0.3) is 39.1 Å². The molecular weight excluding hydrogens is 488 g/mol. The molecule has 39 heavy (non-hydrogen) atoms. The van der Waals surface area contributed by atoms with E-state index < -0.39 is 0 Å². The second-order valence-electron chi connectivity index (χ2n) is 9.74. The van der Waals surface area contributed by atoms with Gasteiger partial charge in [-0.15, -0.1) is 10.2 Å². The highest BCUT2D eigenvalue weighted by atomic mass is 16.1. The van der Waals surface area contributed by atoms with Crippen molar-refractivity contribution in [3.05, 3.63) is 102 Å². The number of rotatable bonds is 6. The Morgan fingerprint density at radius 3 is 2.62 bits per heavy atom. The van der Waals surface area contributed by atoms with Crippen molar-refractivity contribution >= 4 is 22.6 Å². The number of nitrogens with one attached hydrogen (secondary N) is 1. The Hall–Kier alpha value is -5.05. The van der Waals surface area contributed by atoms with Crippen LogP contribution in [0.15, 0.2) is 85.3 Å². The molecule has 4 aromatic heterocycles. The van der Waals surface area contributed by atoms with Crippen LogP contribution in [-0.2, 0) is 5.41 Å². The Balaban J connectivity index is 1.24. The average molecular weight is 513 g/mol. The number of fused-ring (bicyclic) bond motifs is 2. The molecule has 2 aromatic carbocycles. The number of benzene rings is 2. The van der Waals surface area contributed by atoms with E-state index >= 15 is 0 Å². The molecular formula is C30H24N8O. The van der Waals surface area contributed by atoms with Gasteiger partial charge < -0.3 is 5.32 Å². The van der Waals surface area contributed by atoms with Gasteiger partial charge >= 0.3 is 0 Å².